The van der Waals surface area contributed by atoms with Gasteiger partial charge in [0.1, 0.15) is 16.4 Å². The summed E-state index contributed by atoms with van der Waals surface area (Å²) in [6, 6.07) is 20.7. The van der Waals surface area contributed by atoms with Crippen LogP contribution >= 0.6 is 50.9 Å². The van der Waals surface area contributed by atoms with Crippen LogP contribution in [0.5, 0.6) is 0 Å². The second-order valence-electron chi connectivity index (χ2n) is 8.41. The molecule has 1 aromatic heterocycles. The third kappa shape index (κ3) is 5.57. The van der Waals surface area contributed by atoms with E-state index in [0.717, 1.165) is 26.5 Å². The molecule has 0 spiro atoms. The molecule has 0 radical (unpaired) electrons. The minimum absolute atomic E-state index is 0.0408. The van der Waals surface area contributed by atoms with Gasteiger partial charge in [-0.15, -0.1) is 0 Å². The molecule has 1 N–H and O–H groups in total. The predicted molar refractivity (Wildman–Crippen MR) is 161 cm³/mol. The lowest BCUT2D eigenvalue weighted by atomic mass is 10.1. The Bertz CT molecular complexity index is 1640. The highest BCUT2D eigenvalue weighted by molar-refractivity contribution is 9.10. The number of hydrogen-bond acceptors (Lipinski definition) is 5. The molecule has 0 atom stereocenters. The Balaban J connectivity index is 1.60. The lowest BCUT2D eigenvalue weighted by Gasteiger charge is -2.07. The number of aliphatic hydroxyl groups excluding tert-OH is 1. The number of nitrogens with zero attached hydrogens (tertiary/aromatic N) is 2. The smallest absolute Gasteiger partial charge is 0.344 e. The fraction of sp³-hybridized carbons (Fsp3) is 0.103. The second-order valence-corrected chi connectivity index (χ2v) is 11.2. The molecule has 0 saturated heterocycles. The van der Waals surface area contributed by atoms with Crippen molar-refractivity contribution >= 4 is 84.6 Å². The van der Waals surface area contributed by atoms with E-state index < -0.39 is 5.97 Å². The Kier molecular flexibility index (Phi) is 8.00. The van der Waals surface area contributed by atoms with Crippen molar-refractivity contribution in [2.24, 2.45) is 4.99 Å². The normalized spacial score (nSPS) is 15.7. The van der Waals surface area contributed by atoms with Crippen molar-refractivity contribution in [1.82, 2.24) is 4.57 Å². The van der Waals surface area contributed by atoms with Crippen molar-refractivity contribution < 1.29 is 14.6 Å². The number of fused-ring (bicyclic) bond motifs is 1. The van der Waals surface area contributed by atoms with E-state index >= 15 is 0 Å². The number of halogens is 3. The molecule has 0 unspecified atom stereocenters. The maximum atomic E-state index is 12.8. The molecular formula is C29H21BrCl2N2O3S. The van der Waals surface area contributed by atoms with Crippen molar-refractivity contribution in [2.45, 2.75) is 13.5 Å². The number of aromatic nitrogens is 1. The molecule has 5 rings (SSSR count). The highest BCUT2D eigenvalue weighted by atomic mass is 79.9. The first-order valence-corrected chi connectivity index (χ1v) is 14.1. The molecule has 1 aliphatic rings. The molecule has 3 aromatic carbocycles. The lowest BCUT2D eigenvalue weighted by molar-refractivity contribution is -0.138. The summed E-state index contributed by atoms with van der Waals surface area (Å²) < 4.78 is 8.27. The van der Waals surface area contributed by atoms with Gasteiger partial charge in [0.05, 0.1) is 17.2 Å². The van der Waals surface area contributed by atoms with Gasteiger partial charge in [0.15, 0.2) is 0 Å². The Hall–Kier alpha value is -2.97. The van der Waals surface area contributed by atoms with Crippen LogP contribution < -0.4 is 0 Å². The monoisotopic (exact) mass is 626 g/mol. The molecule has 9 heteroatoms. The molecule has 0 amide bonds. The molecule has 0 aliphatic carbocycles. The van der Waals surface area contributed by atoms with Crippen molar-refractivity contribution in [1.29, 1.82) is 0 Å². The summed E-state index contributed by atoms with van der Waals surface area (Å²) in [5.74, 6) is -0.791. The number of esters is 1. The van der Waals surface area contributed by atoms with Crippen LogP contribution in [0.4, 0.5) is 5.69 Å². The van der Waals surface area contributed by atoms with Crippen molar-refractivity contribution in [2.75, 3.05) is 6.61 Å². The van der Waals surface area contributed by atoms with E-state index in [-0.39, 0.29) is 17.9 Å². The second kappa shape index (κ2) is 11.4. The van der Waals surface area contributed by atoms with Crippen LogP contribution in [0.25, 0.3) is 17.0 Å². The summed E-state index contributed by atoms with van der Waals surface area (Å²) in [5, 5.41) is 13.8. The fourth-order valence-corrected chi connectivity index (χ4v) is 5.83. The Morgan fingerprint density at radius 3 is 2.63 bits per heavy atom. The summed E-state index contributed by atoms with van der Waals surface area (Å²) in [4.78, 5) is 17.9. The third-order valence-corrected chi connectivity index (χ3v) is 8.02. The molecule has 38 heavy (non-hydrogen) atoms. The minimum Gasteiger partial charge on any atom is -0.506 e. The number of thioether (sulfide) groups is 1. The first-order chi connectivity index (χ1) is 18.3. The predicted octanol–water partition coefficient (Wildman–Crippen LogP) is 8.95. The summed E-state index contributed by atoms with van der Waals surface area (Å²) in [6.07, 6.45) is 3.88. The van der Waals surface area contributed by atoms with Gasteiger partial charge in [0.2, 0.25) is 0 Å². The summed E-state index contributed by atoms with van der Waals surface area (Å²) in [7, 11) is 0. The number of ether oxygens (including phenoxy) is 1. The van der Waals surface area contributed by atoms with Gasteiger partial charge in [-0.3, -0.25) is 0 Å². The third-order valence-electron chi connectivity index (χ3n) is 5.89. The van der Waals surface area contributed by atoms with Gasteiger partial charge < -0.3 is 14.4 Å². The molecule has 0 saturated carbocycles. The lowest BCUT2D eigenvalue weighted by Crippen LogP contribution is -2.12. The van der Waals surface area contributed by atoms with E-state index in [1.54, 1.807) is 31.2 Å². The zero-order chi connectivity index (χ0) is 26.8. The van der Waals surface area contributed by atoms with Crippen LogP contribution in [0.1, 0.15) is 18.1 Å². The summed E-state index contributed by atoms with van der Waals surface area (Å²) in [6.45, 7) is 2.47. The van der Waals surface area contributed by atoms with E-state index in [1.165, 1.54) is 11.8 Å². The average Bonchev–Trinajstić information content (AvgIpc) is 3.38. The van der Waals surface area contributed by atoms with Gasteiger partial charge in [0, 0.05) is 43.7 Å². The van der Waals surface area contributed by atoms with Gasteiger partial charge in [-0.05, 0) is 67.1 Å². The topological polar surface area (TPSA) is 63.8 Å². The van der Waals surface area contributed by atoms with E-state index in [2.05, 4.69) is 25.5 Å². The zero-order valence-electron chi connectivity index (χ0n) is 20.1. The molecule has 0 fully saturated rings. The quantitative estimate of drug-likeness (QED) is 0.217. The Labute approximate surface area is 242 Å². The van der Waals surface area contributed by atoms with Crippen LogP contribution in [0, 0.1) is 0 Å². The maximum absolute atomic E-state index is 12.8. The van der Waals surface area contributed by atoms with Gasteiger partial charge in [0.25, 0.3) is 0 Å². The van der Waals surface area contributed by atoms with Gasteiger partial charge in [-0.1, -0.05) is 69.1 Å². The van der Waals surface area contributed by atoms with Crippen molar-refractivity contribution in [3.05, 3.63) is 115 Å². The van der Waals surface area contributed by atoms with Crippen molar-refractivity contribution in [3.8, 4) is 0 Å². The number of carbonyl (C=O) groups excluding carboxylic acids is 1. The number of hydrogen-bond donors (Lipinski definition) is 1. The van der Waals surface area contributed by atoms with Crippen molar-refractivity contribution in [3.63, 3.8) is 0 Å². The number of aliphatic hydroxyl groups is 1. The molecule has 4 aromatic rings. The fourth-order valence-electron chi connectivity index (χ4n) is 4.12. The number of carbonyl (C=O) groups is 1. The first-order valence-electron chi connectivity index (χ1n) is 11.7. The summed E-state index contributed by atoms with van der Waals surface area (Å²) >= 11 is 17.2. The molecular weight excluding hydrogens is 607 g/mol. The minimum atomic E-state index is -0.627. The highest BCUT2D eigenvalue weighted by Gasteiger charge is 2.33. The molecule has 1 aliphatic heterocycles. The first kappa shape index (κ1) is 26.6. The van der Waals surface area contributed by atoms with Gasteiger partial charge >= 0.3 is 5.97 Å². The number of benzene rings is 3. The van der Waals surface area contributed by atoms with Crippen LogP contribution in [-0.2, 0) is 16.1 Å². The van der Waals surface area contributed by atoms with E-state index in [0.29, 0.717) is 32.2 Å². The maximum Gasteiger partial charge on any atom is 0.344 e. The number of rotatable bonds is 6. The van der Waals surface area contributed by atoms with Crippen LogP contribution in [0.15, 0.2) is 98.6 Å². The van der Waals surface area contributed by atoms with E-state index in [9.17, 15) is 9.90 Å². The van der Waals surface area contributed by atoms with Crippen LogP contribution in [0.2, 0.25) is 10.0 Å². The highest BCUT2D eigenvalue weighted by Crippen LogP contribution is 2.41. The largest absolute Gasteiger partial charge is 0.506 e. The van der Waals surface area contributed by atoms with Crippen LogP contribution in [-0.4, -0.2) is 27.3 Å². The zero-order valence-corrected chi connectivity index (χ0v) is 24.0. The molecule has 2 heterocycles. The standard InChI is InChI=1S/C29H21BrCl2N2O3S/c1-2-37-29(36)26-27(35)25(38-28(26)33-21-10-8-20(31)9-11-21)13-18-16-34(15-17-5-3-4-6-23(17)32)24-12-7-19(30)14-22(18)24/h3-14,16,35H,2,15H2,1H3/b25-13-,33-28?. The van der Waals surface area contributed by atoms with Crippen LogP contribution in [0.3, 0.4) is 0 Å². The van der Waals surface area contributed by atoms with E-state index in [1.807, 2.05) is 54.7 Å². The number of aliphatic imine (C=N–C) groups is 1. The molecule has 0 bridgehead atoms. The average molecular weight is 628 g/mol. The van der Waals surface area contributed by atoms with Gasteiger partial charge in [-0.25, -0.2) is 9.79 Å². The SMILES string of the molecule is CCOC(=O)C1=C(O)/C(=C/c2cn(Cc3ccccc3Cl)c3ccc(Br)cc23)SC1=Nc1ccc(Cl)cc1. The summed E-state index contributed by atoms with van der Waals surface area (Å²) in [5.41, 5.74) is 3.52. The molecule has 192 valence electrons. The Morgan fingerprint density at radius 1 is 1.13 bits per heavy atom. The van der Waals surface area contributed by atoms with Gasteiger partial charge in [-0.2, -0.15) is 0 Å². The molecule has 5 nitrogen and oxygen atoms in total. The Morgan fingerprint density at radius 2 is 1.89 bits per heavy atom. The van der Waals surface area contributed by atoms with E-state index in [4.69, 9.17) is 27.9 Å².